The Kier molecular flexibility index (Phi) is 5.64. The summed E-state index contributed by atoms with van der Waals surface area (Å²) < 4.78 is 5.40. The second kappa shape index (κ2) is 7.31. The van der Waals surface area contributed by atoms with Crippen LogP contribution in [0.5, 0.6) is 0 Å². The molecule has 0 spiro atoms. The van der Waals surface area contributed by atoms with Crippen molar-refractivity contribution in [3.05, 3.63) is 16.3 Å². The first-order valence-corrected chi connectivity index (χ1v) is 8.68. The Morgan fingerprint density at radius 2 is 2.17 bits per heavy atom. The predicted molar refractivity (Wildman–Crippen MR) is 91.7 cm³/mol. The lowest BCUT2D eigenvalue weighted by Crippen LogP contribution is -2.38. The molecule has 0 saturated carbocycles. The summed E-state index contributed by atoms with van der Waals surface area (Å²) in [6, 6.07) is 2.15. The molecule has 128 valence electrons. The number of rotatable bonds is 4. The number of ether oxygens (including phenoxy) is 1. The third-order valence-electron chi connectivity index (χ3n) is 3.45. The van der Waals surface area contributed by atoms with Crippen LogP contribution in [-0.4, -0.2) is 41.6 Å². The molecule has 0 aliphatic carbocycles. The van der Waals surface area contributed by atoms with Gasteiger partial charge < -0.3 is 20.3 Å². The van der Waals surface area contributed by atoms with Gasteiger partial charge in [-0.15, -0.1) is 11.3 Å². The van der Waals surface area contributed by atoms with Crippen LogP contribution in [-0.2, 0) is 16.1 Å². The molecule has 1 aliphatic rings. The van der Waals surface area contributed by atoms with Crippen LogP contribution in [0.4, 0.5) is 10.5 Å². The van der Waals surface area contributed by atoms with Crippen molar-refractivity contribution in [2.24, 2.45) is 0 Å². The van der Waals surface area contributed by atoms with Gasteiger partial charge in [-0.1, -0.05) is 0 Å². The van der Waals surface area contributed by atoms with Crippen LogP contribution in [0.15, 0.2) is 11.4 Å². The molecule has 1 aromatic rings. The van der Waals surface area contributed by atoms with Gasteiger partial charge in [-0.05, 0) is 38.6 Å². The van der Waals surface area contributed by atoms with Crippen molar-refractivity contribution in [3.8, 4) is 0 Å². The SMILES string of the molecule is CC(=O)Nc1ccsc1CNC1CCN(C(=O)OC(C)(C)C)C1. The van der Waals surface area contributed by atoms with Crippen molar-refractivity contribution < 1.29 is 14.3 Å². The minimum atomic E-state index is -0.465. The lowest BCUT2D eigenvalue weighted by atomic mass is 10.2. The molecule has 2 heterocycles. The average Bonchev–Trinajstić information content (AvgIpc) is 3.02. The standard InChI is InChI=1S/C16H25N3O3S/c1-11(20)18-13-6-8-23-14(13)9-17-12-5-7-19(10-12)15(21)22-16(2,3)4/h6,8,12,17H,5,7,9-10H2,1-4H3,(H,18,20). The van der Waals surface area contributed by atoms with Gasteiger partial charge >= 0.3 is 6.09 Å². The monoisotopic (exact) mass is 339 g/mol. The number of carbonyl (C=O) groups excluding carboxylic acids is 2. The minimum Gasteiger partial charge on any atom is -0.444 e. The maximum absolute atomic E-state index is 12.0. The van der Waals surface area contributed by atoms with Crippen LogP contribution in [0.2, 0.25) is 0 Å². The minimum absolute atomic E-state index is 0.0679. The summed E-state index contributed by atoms with van der Waals surface area (Å²) in [5.74, 6) is -0.0679. The molecule has 2 N–H and O–H groups in total. The number of hydrogen-bond donors (Lipinski definition) is 2. The molecule has 1 saturated heterocycles. The van der Waals surface area contributed by atoms with E-state index in [1.54, 1.807) is 16.2 Å². The number of carbonyl (C=O) groups is 2. The number of anilines is 1. The molecular formula is C16H25N3O3S. The zero-order valence-electron chi connectivity index (χ0n) is 14.1. The molecule has 23 heavy (non-hydrogen) atoms. The Balaban J connectivity index is 1.81. The number of amides is 2. The fourth-order valence-corrected chi connectivity index (χ4v) is 3.22. The molecule has 1 unspecified atom stereocenters. The highest BCUT2D eigenvalue weighted by Gasteiger charge is 2.29. The third-order valence-corrected chi connectivity index (χ3v) is 4.37. The number of hydrogen-bond acceptors (Lipinski definition) is 5. The fraction of sp³-hybridized carbons (Fsp3) is 0.625. The molecule has 7 heteroatoms. The maximum atomic E-state index is 12.0. The third kappa shape index (κ3) is 5.51. The van der Waals surface area contributed by atoms with Gasteiger partial charge in [-0.25, -0.2) is 4.79 Å². The van der Waals surface area contributed by atoms with Crippen molar-refractivity contribution in [3.63, 3.8) is 0 Å². The van der Waals surface area contributed by atoms with Crippen LogP contribution in [0.25, 0.3) is 0 Å². The van der Waals surface area contributed by atoms with E-state index in [4.69, 9.17) is 4.74 Å². The van der Waals surface area contributed by atoms with Crippen molar-refractivity contribution >= 4 is 29.0 Å². The van der Waals surface area contributed by atoms with Gasteiger partial charge in [0.15, 0.2) is 0 Å². The van der Waals surface area contributed by atoms with Gasteiger partial charge in [-0.3, -0.25) is 4.79 Å². The molecule has 1 aliphatic heterocycles. The highest BCUT2D eigenvalue weighted by Crippen LogP contribution is 2.23. The Morgan fingerprint density at radius 1 is 1.43 bits per heavy atom. The molecule has 0 bridgehead atoms. The average molecular weight is 339 g/mol. The Hall–Kier alpha value is -1.60. The van der Waals surface area contributed by atoms with E-state index in [0.717, 1.165) is 17.0 Å². The van der Waals surface area contributed by atoms with Gasteiger partial charge in [0.1, 0.15) is 5.60 Å². The summed E-state index contributed by atoms with van der Waals surface area (Å²) in [5.41, 5.74) is 0.393. The fourth-order valence-electron chi connectivity index (χ4n) is 2.43. The highest BCUT2D eigenvalue weighted by atomic mass is 32.1. The summed E-state index contributed by atoms with van der Waals surface area (Å²) in [5, 5.41) is 8.25. The smallest absolute Gasteiger partial charge is 0.410 e. The largest absolute Gasteiger partial charge is 0.444 e. The van der Waals surface area contributed by atoms with E-state index in [1.807, 2.05) is 32.2 Å². The predicted octanol–water partition coefficient (Wildman–Crippen LogP) is 2.81. The second-order valence-corrected chi connectivity index (χ2v) is 7.73. The van der Waals surface area contributed by atoms with Gasteiger partial charge in [0.05, 0.1) is 5.69 Å². The molecule has 1 fully saturated rings. The summed E-state index contributed by atoms with van der Waals surface area (Å²) in [6.07, 6.45) is 0.650. The summed E-state index contributed by atoms with van der Waals surface area (Å²) >= 11 is 1.61. The molecule has 2 amide bonds. The molecular weight excluding hydrogens is 314 g/mol. The van der Waals surface area contributed by atoms with Crippen LogP contribution in [0.3, 0.4) is 0 Å². The lowest BCUT2D eigenvalue weighted by Gasteiger charge is -2.24. The van der Waals surface area contributed by atoms with E-state index in [-0.39, 0.29) is 18.0 Å². The normalized spacial score (nSPS) is 18.1. The van der Waals surface area contributed by atoms with E-state index >= 15 is 0 Å². The van der Waals surface area contributed by atoms with Crippen molar-refractivity contribution in [1.82, 2.24) is 10.2 Å². The maximum Gasteiger partial charge on any atom is 0.410 e. The van der Waals surface area contributed by atoms with Crippen molar-refractivity contribution in [2.45, 2.75) is 52.3 Å². The lowest BCUT2D eigenvalue weighted by molar-refractivity contribution is -0.114. The van der Waals surface area contributed by atoms with E-state index in [0.29, 0.717) is 19.6 Å². The molecule has 1 aromatic heterocycles. The van der Waals surface area contributed by atoms with Crippen LogP contribution in [0.1, 0.15) is 39.0 Å². The number of nitrogens with zero attached hydrogens (tertiary/aromatic N) is 1. The molecule has 0 radical (unpaired) electrons. The molecule has 1 atom stereocenters. The molecule has 0 aromatic carbocycles. The zero-order chi connectivity index (χ0) is 17.0. The van der Waals surface area contributed by atoms with Gasteiger partial charge in [-0.2, -0.15) is 0 Å². The van der Waals surface area contributed by atoms with Gasteiger partial charge in [0, 0.05) is 37.5 Å². The topological polar surface area (TPSA) is 70.7 Å². The second-order valence-electron chi connectivity index (χ2n) is 6.73. The van der Waals surface area contributed by atoms with Crippen molar-refractivity contribution in [2.75, 3.05) is 18.4 Å². The van der Waals surface area contributed by atoms with Crippen LogP contribution < -0.4 is 10.6 Å². The number of likely N-dealkylation sites (tertiary alicyclic amines) is 1. The van der Waals surface area contributed by atoms with E-state index in [2.05, 4.69) is 10.6 Å². The molecule has 2 rings (SSSR count). The van der Waals surface area contributed by atoms with Gasteiger partial charge in [0.25, 0.3) is 0 Å². The van der Waals surface area contributed by atoms with Gasteiger partial charge in [0.2, 0.25) is 5.91 Å². The Morgan fingerprint density at radius 3 is 2.83 bits per heavy atom. The summed E-state index contributed by atoms with van der Waals surface area (Å²) in [6.45, 7) is 9.15. The zero-order valence-corrected chi connectivity index (χ0v) is 15.0. The van der Waals surface area contributed by atoms with Crippen molar-refractivity contribution in [1.29, 1.82) is 0 Å². The van der Waals surface area contributed by atoms with Crippen LogP contribution in [0, 0.1) is 0 Å². The molecule has 6 nitrogen and oxygen atoms in total. The first-order chi connectivity index (χ1) is 10.7. The highest BCUT2D eigenvalue weighted by molar-refractivity contribution is 7.10. The number of thiophene rings is 1. The van der Waals surface area contributed by atoms with E-state index < -0.39 is 5.60 Å². The Labute approximate surface area is 141 Å². The van der Waals surface area contributed by atoms with E-state index in [9.17, 15) is 9.59 Å². The van der Waals surface area contributed by atoms with E-state index in [1.165, 1.54) is 6.92 Å². The first kappa shape index (κ1) is 17.7. The Bertz CT molecular complexity index is 565. The summed E-state index contributed by atoms with van der Waals surface area (Å²) in [7, 11) is 0. The van der Waals surface area contributed by atoms with Crippen LogP contribution >= 0.6 is 11.3 Å². The summed E-state index contributed by atoms with van der Waals surface area (Å²) in [4.78, 5) is 26.1. The number of nitrogens with one attached hydrogen (secondary N) is 2. The first-order valence-electron chi connectivity index (χ1n) is 7.80. The quantitative estimate of drug-likeness (QED) is 0.885.